The molecule has 42 heavy (non-hydrogen) atoms. The van der Waals surface area contributed by atoms with Crippen molar-refractivity contribution < 1.29 is 37.7 Å². The SMILES string of the molecule is Br.CCOC(=O)CCCOc1c(OC)cc(C(=O)CN2Cc3cc(OCC)c(OCC)c(F)c3C2=N)cc1C(C)(C)C. The zero-order chi connectivity index (χ0) is 30.3. The van der Waals surface area contributed by atoms with E-state index in [1.54, 1.807) is 39.0 Å². The average Bonchev–Trinajstić information content (AvgIpc) is 3.22. The van der Waals surface area contributed by atoms with Crippen molar-refractivity contribution in [2.24, 2.45) is 0 Å². The number of benzene rings is 2. The second kappa shape index (κ2) is 15.2. The number of hydrogen-bond acceptors (Lipinski definition) is 8. The van der Waals surface area contributed by atoms with Crippen LogP contribution in [0.3, 0.4) is 0 Å². The Morgan fingerprint density at radius 1 is 0.976 bits per heavy atom. The lowest BCUT2D eigenvalue weighted by atomic mass is 9.84. The summed E-state index contributed by atoms with van der Waals surface area (Å²) >= 11 is 0. The first kappa shape index (κ1) is 34.9. The molecule has 0 aromatic heterocycles. The van der Waals surface area contributed by atoms with Crippen molar-refractivity contribution >= 4 is 34.6 Å². The Morgan fingerprint density at radius 2 is 1.67 bits per heavy atom. The van der Waals surface area contributed by atoms with E-state index < -0.39 is 11.2 Å². The second-order valence-electron chi connectivity index (χ2n) is 10.6. The van der Waals surface area contributed by atoms with Gasteiger partial charge in [0.1, 0.15) is 5.84 Å². The van der Waals surface area contributed by atoms with Gasteiger partial charge in [-0.2, -0.15) is 0 Å². The number of esters is 1. The Labute approximate surface area is 257 Å². The minimum atomic E-state index is -0.658. The van der Waals surface area contributed by atoms with E-state index in [0.717, 1.165) is 5.56 Å². The lowest BCUT2D eigenvalue weighted by molar-refractivity contribution is -0.143. The van der Waals surface area contributed by atoms with E-state index in [2.05, 4.69) is 0 Å². The van der Waals surface area contributed by atoms with E-state index in [9.17, 15) is 9.59 Å². The number of hydrogen-bond donors (Lipinski definition) is 1. The highest BCUT2D eigenvalue weighted by molar-refractivity contribution is 8.93. The van der Waals surface area contributed by atoms with Crippen LogP contribution in [0.5, 0.6) is 23.0 Å². The summed E-state index contributed by atoms with van der Waals surface area (Å²) in [4.78, 5) is 26.8. The molecular formula is C31H42BrFN2O7. The minimum absolute atomic E-state index is 0. The molecule has 0 aliphatic carbocycles. The molecule has 1 aliphatic heterocycles. The van der Waals surface area contributed by atoms with Gasteiger partial charge in [0.2, 0.25) is 0 Å². The van der Waals surface area contributed by atoms with Gasteiger partial charge in [-0.15, -0.1) is 17.0 Å². The van der Waals surface area contributed by atoms with E-state index in [-0.39, 0.29) is 84.4 Å². The van der Waals surface area contributed by atoms with Gasteiger partial charge in [0.05, 0.1) is 45.6 Å². The number of carbonyl (C=O) groups excluding carboxylic acids is 2. The van der Waals surface area contributed by atoms with Crippen LogP contribution in [0, 0.1) is 11.2 Å². The maximum atomic E-state index is 15.5. The van der Waals surface area contributed by atoms with Gasteiger partial charge in [-0.3, -0.25) is 15.0 Å². The van der Waals surface area contributed by atoms with Crippen molar-refractivity contribution in [1.29, 1.82) is 5.41 Å². The molecule has 2 aromatic carbocycles. The molecule has 1 N–H and O–H groups in total. The number of rotatable bonds is 14. The van der Waals surface area contributed by atoms with Gasteiger partial charge in [0.25, 0.3) is 0 Å². The van der Waals surface area contributed by atoms with Crippen LogP contribution in [0.1, 0.15) is 81.4 Å². The van der Waals surface area contributed by atoms with Gasteiger partial charge in [-0.1, -0.05) is 20.8 Å². The van der Waals surface area contributed by atoms with Crippen LogP contribution in [0.4, 0.5) is 4.39 Å². The van der Waals surface area contributed by atoms with E-state index >= 15 is 4.39 Å². The van der Waals surface area contributed by atoms with Gasteiger partial charge >= 0.3 is 5.97 Å². The van der Waals surface area contributed by atoms with Gasteiger partial charge in [-0.25, -0.2) is 4.39 Å². The number of nitrogens with one attached hydrogen (secondary N) is 1. The third-order valence-electron chi connectivity index (χ3n) is 6.59. The summed E-state index contributed by atoms with van der Waals surface area (Å²) in [5, 5.41) is 8.65. The van der Waals surface area contributed by atoms with Gasteiger partial charge in [0.15, 0.2) is 34.6 Å². The molecule has 2 aromatic rings. The fourth-order valence-electron chi connectivity index (χ4n) is 4.67. The lowest BCUT2D eigenvalue weighted by Crippen LogP contribution is -2.30. The highest BCUT2D eigenvalue weighted by Gasteiger charge is 2.34. The van der Waals surface area contributed by atoms with Crippen molar-refractivity contribution in [1.82, 2.24) is 4.90 Å². The van der Waals surface area contributed by atoms with Crippen LogP contribution >= 0.6 is 17.0 Å². The topological polar surface area (TPSA) is 107 Å². The first-order chi connectivity index (χ1) is 19.5. The standard InChI is InChI=1S/C31H41FN2O7.BrH/c1-8-38-24-16-20-17-34(30(33)26(20)27(32)29(24)40-10-3)18-22(35)19-14-21(31(4,5)6)28(23(15-19)37-7)41-13-11-12-25(36)39-9-2;/h14-16,33H,8-13,17-18H2,1-7H3;1H. The summed E-state index contributed by atoms with van der Waals surface area (Å²) in [7, 11) is 1.50. The summed E-state index contributed by atoms with van der Waals surface area (Å²) in [6.07, 6.45) is 0.705. The summed E-state index contributed by atoms with van der Waals surface area (Å²) in [6.45, 7) is 12.6. The molecule has 11 heteroatoms. The quantitative estimate of drug-likeness (QED) is 0.145. The molecular weight excluding hydrogens is 611 g/mol. The number of amidine groups is 1. The number of fused-ring (bicyclic) bond motifs is 1. The number of Topliss-reactive ketones (excluding diaryl/α,β-unsaturated/α-hetero) is 1. The summed E-state index contributed by atoms with van der Waals surface area (Å²) in [5.41, 5.74) is 1.44. The molecule has 0 saturated carbocycles. The summed E-state index contributed by atoms with van der Waals surface area (Å²) < 4.78 is 43.2. The molecule has 0 amide bonds. The number of carbonyl (C=O) groups is 2. The maximum Gasteiger partial charge on any atom is 0.305 e. The first-order valence-electron chi connectivity index (χ1n) is 14.0. The summed E-state index contributed by atoms with van der Waals surface area (Å²) in [6, 6.07) is 5.08. The van der Waals surface area contributed by atoms with Crippen LogP contribution in [0.25, 0.3) is 0 Å². The lowest BCUT2D eigenvalue weighted by Gasteiger charge is -2.26. The van der Waals surface area contributed by atoms with Crippen molar-refractivity contribution in [3.8, 4) is 23.0 Å². The average molecular weight is 654 g/mol. The fourth-order valence-corrected chi connectivity index (χ4v) is 4.67. The van der Waals surface area contributed by atoms with Crippen LogP contribution in [-0.4, -0.2) is 62.6 Å². The Hall–Kier alpha value is -3.34. The molecule has 1 heterocycles. The highest BCUT2D eigenvalue weighted by atomic mass is 79.9. The Morgan fingerprint density at radius 3 is 2.26 bits per heavy atom. The number of methoxy groups -OCH3 is 1. The second-order valence-corrected chi connectivity index (χ2v) is 10.6. The molecule has 0 saturated heterocycles. The zero-order valence-corrected chi connectivity index (χ0v) is 27.2. The zero-order valence-electron chi connectivity index (χ0n) is 25.5. The van der Waals surface area contributed by atoms with E-state index in [1.165, 1.54) is 12.0 Å². The van der Waals surface area contributed by atoms with Crippen molar-refractivity contribution in [3.05, 3.63) is 46.3 Å². The molecule has 0 unspecified atom stereocenters. The van der Waals surface area contributed by atoms with Crippen LogP contribution in [0.2, 0.25) is 0 Å². The summed E-state index contributed by atoms with van der Waals surface area (Å²) in [5.74, 6) is -0.115. The smallest absolute Gasteiger partial charge is 0.305 e. The predicted molar refractivity (Wildman–Crippen MR) is 164 cm³/mol. The third-order valence-corrected chi connectivity index (χ3v) is 6.59. The van der Waals surface area contributed by atoms with Crippen LogP contribution in [0.15, 0.2) is 18.2 Å². The maximum absolute atomic E-state index is 15.5. The monoisotopic (exact) mass is 652 g/mol. The van der Waals surface area contributed by atoms with Crippen molar-refractivity contribution in [3.63, 3.8) is 0 Å². The number of halogens is 2. The molecule has 232 valence electrons. The van der Waals surface area contributed by atoms with Crippen LogP contribution in [-0.2, 0) is 21.5 Å². The number of nitrogens with zero attached hydrogens (tertiary/aromatic N) is 1. The van der Waals surface area contributed by atoms with Crippen LogP contribution < -0.4 is 18.9 Å². The predicted octanol–water partition coefficient (Wildman–Crippen LogP) is 6.25. The molecule has 1 aliphatic rings. The van der Waals surface area contributed by atoms with Crippen molar-refractivity contribution in [2.45, 2.75) is 66.3 Å². The van der Waals surface area contributed by atoms with Gasteiger partial charge < -0.3 is 28.6 Å². The molecule has 3 rings (SSSR count). The number of ether oxygens (including phenoxy) is 5. The normalized spacial score (nSPS) is 12.4. The first-order valence-corrected chi connectivity index (χ1v) is 14.0. The molecule has 0 fully saturated rings. The fraction of sp³-hybridized carbons (Fsp3) is 0.516. The van der Waals surface area contributed by atoms with E-state index in [0.29, 0.717) is 42.3 Å². The van der Waals surface area contributed by atoms with E-state index in [1.807, 2.05) is 20.8 Å². The highest BCUT2D eigenvalue weighted by Crippen LogP contribution is 2.41. The molecule has 0 bridgehead atoms. The largest absolute Gasteiger partial charge is 0.493 e. The molecule has 0 atom stereocenters. The van der Waals surface area contributed by atoms with Gasteiger partial charge in [0, 0.05) is 24.1 Å². The van der Waals surface area contributed by atoms with Gasteiger partial charge in [-0.05, 0) is 56.4 Å². The third kappa shape index (κ3) is 7.93. The Kier molecular flexibility index (Phi) is 12.6. The Bertz CT molecular complexity index is 1290. The molecule has 9 nitrogen and oxygen atoms in total. The number of ketones is 1. The minimum Gasteiger partial charge on any atom is -0.493 e. The van der Waals surface area contributed by atoms with E-state index in [4.69, 9.17) is 29.1 Å². The Balaban J connectivity index is 0.00000616. The molecule has 0 spiro atoms. The van der Waals surface area contributed by atoms with Crippen molar-refractivity contribution in [2.75, 3.05) is 40.1 Å². The molecule has 0 radical (unpaired) electrons.